The highest BCUT2D eigenvalue weighted by atomic mass is 16.6. The van der Waals surface area contributed by atoms with Gasteiger partial charge >= 0.3 is 5.69 Å². The highest BCUT2D eigenvalue weighted by Gasteiger charge is 2.31. The Labute approximate surface area is 134 Å². The zero-order valence-corrected chi connectivity index (χ0v) is 13.2. The minimum Gasteiger partial charge on any atom is -0.362 e. The van der Waals surface area contributed by atoms with Crippen LogP contribution in [-0.4, -0.2) is 27.5 Å². The van der Waals surface area contributed by atoms with E-state index in [1.807, 2.05) is 43.0 Å². The van der Waals surface area contributed by atoms with Gasteiger partial charge in [0, 0.05) is 18.3 Å². The van der Waals surface area contributed by atoms with Gasteiger partial charge in [-0.05, 0) is 31.4 Å². The average molecular weight is 313 g/mol. The predicted octanol–water partition coefficient (Wildman–Crippen LogP) is 3.29. The molecule has 0 saturated carbocycles. The minimum absolute atomic E-state index is 0.0653. The monoisotopic (exact) mass is 313 g/mol. The van der Waals surface area contributed by atoms with E-state index >= 15 is 0 Å². The maximum atomic E-state index is 11.6. The van der Waals surface area contributed by atoms with Crippen LogP contribution in [0.25, 0.3) is 0 Å². The second-order valence-corrected chi connectivity index (χ2v) is 5.64. The molecule has 0 spiro atoms. The van der Waals surface area contributed by atoms with Gasteiger partial charge in [0.2, 0.25) is 11.6 Å². The third kappa shape index (κ3) is 2.81. The number of nitrogens with one attached hydrogen (secondary N) is 1. The first-order chi connectivity index (χ1) is 11.1. The predicted molar refractivity (Wildman–Crippen MR) is 89.2 cm³/mol. The second-order valence-electron chi connectivity index (χ2n) is 5.64. The van der Waals surface area contributed by atoms with Gasteiger partial charge < -0.3 is 10.2 Å². The molecule has 0 saturated heterocycles. The molecule has 3 rings (SSSR count). The third-order valence-electron chi connectivity index (χ3n) is 4.12. The molecule has 0 bridgehead atoms. The van der Waals surface area contributed by atoms with E-state index < -0.39 is 4.92 Å². The fourth-order valence-corrected chi connectivity index (χ4v) is 2.73. The average Bonchev–Trinajstić information content (AvgIpc) is 2.98. The van der Waals surface area contributed by atoms with Crippen molar-refractivity contribution in [1.29, 1.82) is 0 Å². The topological polar surface area (TPSA) is 84.2 Å². The SMILES string of the molecule is CCC(C)Nc1ncnc(N2CCc3ccccc32)c1[N+](=O)[O-]. The number of rotatable bonds is 5. The first kappa shape index (κ1) is 15.2. The van der Waals surface area contributed by atoms with Crippen molar-refractivity contribution in [2.45, 2.75) is 32.7 Å². The molecule has 0 radical (unpaired) electrons. The number of benzene rings is 1. The zero-order valence-electron chi connectivity index (χ0n) is 13.2. The first-order valence-electron chi connectivity index (χ1n) is 7.73. The molecule has 2 heterocycles. The molecule has 1 N–H and O–H groups in total. The number of nitro groups is 1. The lowest BCUT2D eigenvalue weighted by atomic mass is 10.2. The van der Waals surface area contributed by atoms with E-state index in [9.17, 15) is 10.1 Å². The van der Waals surface area contributed by atoms with Crippen molar-refractivity contribution in [2.75, 3.05) is 16.8 Å². The lowest BCUT2D eigenvalue weighted by Crippen LogP contribution is -2.20. The van der Waals surface area contributed by atoms with Gasteiger partial charge in [0.15, 0.2) is 0 Å². The van der Waals surface area contributed by atoms with E-state index in [1.165, 1.54) is 11.9 Å². The molecule has 0 amide bonds. The first-order valence-corrected chi connectivity index (χ1v) is 7.73. The summed E-state index contributed by atoms with van der Waals surface area (Å²) in [6.45, 7) is 4.67. The second kappa shape index (κ2) is 6.20. The molecule has 1 aromatic carbocycles. The smallest absolute Gasteiger partial charge is 0.353 e. The number of anilines is 3. The zero-order chi connectivity index (χ0) is 16.4. The van der Waals surface area contributed by atoms with Gasteiger partial charge in [-0.15, -0.1) is 0 Å². The number of hydrogen-bond acceptors (Lipinski definition) is 6. The summed E-state index contributed by atoms with van der Waals surface area (Å²) in [7, 11) is 0. The van der Waals surface area contributed by atoms with Crippen LogP contribution in [-0.2, 0) is 6.42 Å². The molecule has 0 fully saturated rings. The largest absolute Gasteiger partial charge is 0.362 e. The minimum atomic E-state index is -0.402. The molecule has 7 nitrogen and oxygen atoms in total. The van der Waals surface area contributed by atoms with Crippen molar-refractivity contribution < 1.29 is 4.92 Å². The van der Waals surface area contributed by atoms with Crippen LogP contribution in [0.4, 0.5) is 23.0 Å². The summed E-state index contributed by atoms with van der Waals surface area (Å²) in [5.41, 5.74) is 2.09. The molecule has 1 aliphatic heterocycles. The van der Waals surface area contributed by atoms with Crippen LogP contribution in [0.2, 0.25) is 0 Å². The third-order valence-corrected chi connectivity index (χ3v) is 4.12. The van der Waals surface area contributed by atoms with E-state index in [4.69, 9.17) is 0 Å². The number of para-hydroxylation sites is 1. The molecule has 120 valence electrons. The van der Waals surface area contributed by atoms with Gasteiger partial charge in [0.05, 0.1) is 4.92 Å². The number of hydrogen-bond donors (Lipinski definition) is 1. The Hall–Kier alpha value is -2.70. The Bertz CT molecular complexity index is 734. The summed E-state index contributed by atoms with van der Waals surface area (Å²) in [6, 6.07) is 8.02. The van der Waals surface area contributed by atoms with Gasteiger partial charge in [-0.1, -0.05) is 25.1 Å². The van der Waals surface area contributed by atoms with Crippen LogP contribution in [0, 0.1) is 10.1 Å². The molecule has 1 unspecified atom stereocenters. The molecule has 7 heteroatoms. The van der Waals surface area contributed by atoms with Crippen LogP contribution in [0.5, 0.6) is 0 Å². The van der Waals surface area contributed by atoms with Crippen molar-refractivity contribution >= 4 is 23.0 Å². The lowest BCUT2D eigenvalue weighted by Gasteiger charge is -2.20. The normalized spacial score (nSPS) is 14.4. The van der Waals surface area contributed by atoms with Crippen LogP contribution in [0.3, 0.4) is 0 Å². The summed E-state index contributed by atoms with van der Waals surface area (Å²) in [4.78, 5) is 21.4. The van der Waals surface area contributed by atoms with Crippen LogP contribution in [0.1, 0.15) is 25.8 Å². The molecule has 1 atom stereocenters. The maximum Gasteiger partial charge on any atom is 0.353 e. The molecule has 23 heavy (non-hydrogen) atoms. The van der Waals surface area contributed by atoms with E-state index in [0.717, 1.165) is 18.5 Å². The molecule has 0 aliphatic carbocycles. The van der Waals surface area contributed by atoms with Gasteiger partial charge in [0.1, 0.15) is 6.33 Å². The molecule has 2 aromatic rings. The Kier molecular flexibility index (Phi) is 4.10. The Morgan fingerprint density at radius 1 is 1.39 bits per heavy atom. The van der Waals surface area contributed by atoms with E-state index in [2.05, 4.69) is 15.3 Å². The molecular weight excluding hydrogens is 294 g/mol. The molecule has 1 aliphatic rings. The number of aromatic nitrogens is 2. The summed E-state index contributed by atoms with van der Waals surface area (Å²) in [6.07, 6.45) is 3.09. The Morgan fingerprint density at radius 3 is 2.91 bits per heavy atom. The summed E-state index contributed by atoms with van der Waals surface area (Å²) in [5.74, 6) is 0.625. The van der Waals surface area contributed by atoms with Crippen molar-refractivity contribution in [3.05, 3.63) is 46.3 Å². The van der Waals surface area contributed by atoms with Gasteiger partial charge in [-0.2, -0.15) is 0 Å². The van der Waals surface area contributed by atoms with Crippen LogP contribution in [0.15, 0.2) is 30.6 Å². The van der Waals surface area contributed by atoms with Crippen molar-refractivity contribution in [1.82, 2.24) is 9.97 Å². The van der Waals surface area contributed by atoms with Crippen molar-refractivity contribution in [3.63, 3.8) is 0 Å². The van der Waals surface area contributed by atoms with Crippen molar-refractivity contribution in [3.8, 4) is 0 Å². The Balaban J connectivity index is 2.06. The van der Waals surface area contributed by atoms with Crippen molar-refractivity contribution in [2.24, 2.45) is 0 Å². The van der Waals surface area contributed by atoms with E-state index in [-0.39, 0.29) is 17.5 Å². The van der Waals surface area contributed by atoms with E-state index in [1.54, 1.807) is 0 Å². The standard InChI is InChI=1S/C16H19N5O2/c1-3-11(2)19-15-14(21(22)23)16(18-10-17-15)20-9-8-12-6-4-5-7-13(12)20/h4-7,10-11H,3,8-9H2,1-2H3,(H,17,18,19). The molecular formula is C16H19N5O2. The highest BCUT2D eigenvalue weighted by molar-refractivity contribution is 5.78. The van der Waals surface area contributed by atoms with Gasteiger partial charge in [-0.25, -0.2) is 9.97 Å². The number of fused-ring (bicyclic) bond motifs is 1. The fraction of sp³-hybridized carbons (Fsp3) is 0.375. The quantitative estimate of drug-likeness (QED) is 0.673. The summed E-state index contributed by atoms with van der Waals surface area (Å²) < 4.78 is 0. The molecule has 1 aromatic heterocycles. The van der Waals surface area contributed by atoms with Crippen LogP contribution >= 0.6 is 0 Å². The summed E-state index contributed by atoms with van der Waals surface area (Å²) >= 11 is 0. The lowest BCUT2D eigenvalue weighted by molar-refractivity contribution is -0.383. The van der Waals surface area contributed by atoms with Gasteiger partial charge in [0.25, 0.3) is 0 Å². The van der Waals surface area contributed by atoms with Crippen LogP contribution < -0.4 is 10.2 Å². The summed E-state index contributed by atoms with van der Waals surface area (Å²) in [5, 5.41) is 14.7. The van der Waals surface area contributed by atoms with Gasteiger partial charge in [-0.3, -0.25) is 10.1 Å². The maximum absolute atomic E-state index is 11.6. The highest BCUT2D eigenvalue weighted by Crippen LogP contribution is 2.40. The number of nitrogens with zero attached hydrogens (tertiary/aromatic N) is 4. The van der Waals surface area contributed by atoms with E-state index in [0.29, 0.717) is 12.4 Å². The fourth-order valence-electron chi connectivity index (χ4n) is 2.73. The Morgan fingerprint density at radius 2 is 2.17 bits per heavy atom.